The molecule has 2 rings (SSSR count). The number of methoxy groups -OCH3 is 4. The molecule has 6 nitrogen and oxygen atoms in total. The van der Waals surface area contributed by atoms with Crippen molar-refractivity contribution in [1.29, 1.82) is 0 Å². The number of carbonyl (C=O) groups excluding carboxylic acids is 1. The fourth-order valence-electron chi connectivity index (χ4n) is 2.88. The number of rotatable bonds is 10. The maximum absolute atomic E-state index is 10.5. The number of benzene rings is 2. The van der Waals surface area contributed by atoms with Gasteiger partial charge >= 0.3 is 0 Å². The Labute approximate surface area is 165 Å². The van der Waals surface area contributed by atoms with Crippen LogP contribution in [0.5, 0.6) is 28.7 Å². The van der Waals surface area contributed by atoms with Gasteiger partial charge < -0.3 is 23.7 Å². The van der Waals surface area contributed by atoms with Crippen molar-refractivity contribution >= 4 is 12.4 Å². The van der Waals surface area contributed by atoms with Gasteiger partial charge in [-0.15, -0.1) is 0 Å². The van der Waals surface area contributed by atoms with Gasteiger partial charge in [-0.2, -0.15) is 0 Å². The van der Waals surface area contributed by atoms with E-state index >= 15 is 0 Å². The molecule has 0 saturated carbocycles. The zero-order valence-electron chi connectivity index (χ0n) is 16.9. The van der Waals surface area contributed by atoms with E-state index in [9.17, 15) is 4.79 Å². The van der Waals surface area contributed by atoms with Crippen molar-refractivity contribution in [2.75, 3.05) is 28.4 Å². The summed E-state index contributed by atoms with van der Waals surface area (Å²) in [4.78, 5) is 10.5. The standard InChI is InChI=1S/C22H26O6/c1-15(11-17-13-20(25-3)22(27-5)21(14-17)26-4)28-18-9-8-16(7-6-10-23)12-19(18)24-2/h6-10,12-15H,11H2,1-5H3/b7-6+/t15-/m1/s1. The highest BCUT2D eigenvalue weighted by atomic mass is 16.5. The fraction of sp³-hybridized carbons (Fsp3) is 0.318. The molecule has 0 N–H and O–H groups in total. The number of ether oxygens (including phenoxy) is 5. The van der Waals surface area contributed by atoms with Gasteiger partial charge in [0.1, 0.15) is 12.4 Å². The fourth-order valence-corrected chi connectivity index (χ4v) is 2.88. The summed E-state index contributed by atoms with van der Waals surface area (Å²) in [5, 5.41) is 0. The number of hydrogen-bond acceptors (Lipinski definition) is 6. The summed E-state index contributed by atoms with van der Waals surface area (Å²) >= 11 is 0. The largest absolute Gasteiger partial charge is 0.493 e. The van der Waals surface area contributed by atoms with Crippen molar-refractivity contribution in [2.24, 2.45) is 0 Å². The van der Waals surface area contributed by atoms with Gasteiger partial charge in [-0.05, 0) is 48.4 Å². The Hall–Kier alpha value is -3.15. The first kappa shape index (κ1) is 21.2. The van der Waals surface area contributed by atoms with E-state index in [2.05, 4.69) is 0 Å². The summed E-state index contributed by atoms with van der Waals surface area (Å²) in [5.41, 5.74) is 1.85. The maximum atomic E-state index is 10.5. The van der Waals surface area contributed by atoms with Gasteiger partial charge in [0.15, 0.2) is 23.0 Å². The van der Waals surface area contributed by atoms with E-state index in [0.29, 0.717) is 35.2 Å². The Morgan fingerprint density at radius 3 is 2.04 bits per heavy atom. The molecular weight excluding hydrogens is 360 g/mol. The molecule has 0 heterocycles. The van der Waals surface area contributed by atoms with Crippen LogP contribution < -0.4 is 23.7 Å². The highest BCUT2D eigenvalue weighted by molar-refractivity contribution is 5.74. The van der Waals surface area contributed by atoms with Crippen LogP contribution in [-0.2, 0) is 11.2 Å². The molecule has 0 aliphatic carbocycles. The molecule has 0 fully saturated rings. The molecule has 0 unspecified atom stereocenters. The third-order valence-electron chi connectivity index (χ3n) is 4.13. The lowest BCUT2D eigenvalue weighted by Gasteiger charge is -2.19. The molecule has 0 bridgehead atoms. The zero-order chi connectivity index (χ0) is 20.5. The number of allylic oxidation sites excluding steroid dienone is 1. The molecule has 150 valence electrons. The third-order valence-corrected chi connectivity index (χ3v) is 4.13. The van der Waals surface area contributed by atoms with Crippen molar-refractivity contribution in [3.8, 4) is 28.7 Å². The van der Waals surface area contributed by atoms with Crippen LogP contribution in [0, 0.1) is 0 Å². The van der Waals surface area contributed by atoms with E-state index < -0.39 is 0 Å². The minimum absolute atomic E-state index is 0.131. The molecule has 2 aromatic carbocycles. The molecule has 0 aliphatic heterocycles. The second kappa shape index (κ2) is 10.3. The molecule has 0 saturated heterocycles. The number of aldehydes is 1. The van der Waals surface area contributed by atoms with Crippen LogP contribution in [0.1, 0.15) is 18.1 Å². The first-order chi connectivity index (χ1) is 13.6. The SMILES string of the molecule is COc1cc(/C=C/C=O)ccc1O[C@H](C)Cc1cc(OC)c(OC)c(OC)c1. The summed E-state index contributed by atoms with van der Waals surface area (Å²) in [6, 6.07) is 9.33. The van der Waals surface area contributed by atoms with Crippen molar-refractivity contribution in [3.05, 3.63) is 47.5 Å². The molecule has 1 atom stereocenters. The van der Waals surface area contributed by atoms with Crippen molar-refractivity contribution in [1.82, 2.24) is 0 Å². The summed E-state index contributed by atoms with van der Waals surface area (Å²) in [6.45, 7) is 1.98. The third kappa shape index (κ3) is 5.19. The lowest BCUT2D eigenvalue weighted by molar-refractivity contribution is -0.104. The average Bonchev–Trinajstić information content (AvgIpc) is 2.71. The van der Waals surface area contributed by atoms with Gasteiger partial charge in [0.2, 0.25) is 5.75 Å². The summed E-state index contributed by atoms with van der Waals surface area (Å²) in [7, 11) is 6.34. The van der Waals surface area contributed by atoms with E-state index in [1.807, 2.05) is 37.3 Å². The summed E-state index contributed by atoms with van der Waals surface area (Å²) in [6.07, 6.45) is 4.37. The van der Waals surface area contributed by atoms with Crippen LogP contribution in [0.15, 0.2) is 36.4 Å². The quantitative estimate of drug-likeness (QED) is 0.455. The predicted molar refractivity (Wildman–Crippen MR) is 108 cm³/mol. The second-order valence-corrected chi connectivity index (χ2v) is 6.07. The molecule has 0 spiro atoms. The Balaban J connectivity index is 2.19. The highest BCUT2D eigenvalue weighted by Crippen LogP contribution is 2.38. The Morgan fingerprint density at radius 2 is 1.50 bits per heavy atom. The van der Waals surface area contributed by atoms with Gasteiger partial charge in [0, 0.05) is 6.42 Å². The number of carbonyl (C=O) groups is 1. The first-order valence-corrected chi connectivity index (χ1v) is 8.81. The monoisotopic (exact) mass is 386 g/mol. The topological polar surface area (TPSA) is 63.2 Å². The van der Waals surface area contributed by atoms with Gasteiger partial charge in [0.05, 0.1) is 28.4 Å². The zero-order valence-corrected chi connectivity index (χ0v) is 16.9. The molecule has 2 aromatic rings. The van der Waals surface area contributed by atoms with Gasteiger partial charge in [0.25, 0.3) is 0 Å². The molecule has 0 amide bonds. The van der Waals surface area contributed by atoms with E-state index in [1.165, 1.54) is 6.08 Å². The Bertz CT molecular complexity index is 803. The van der Waals surface area contributed by atoms with Crippen LogP contribution >= 0.6 is 0 Å². The molecule has 28 heavy (non-hydrogen) atoms. The van der Waals surface area contributed by atoms with Gasteiger partial charge in [-0.25, -0.2) is 0 Å². The van der Waals surface area contributed by atoms with Crippen LogP contribution in [-0.4, -0.2) is 40.8 Å². The summed E-state index contributed by atoms with van der Waals surface area (Å²) in [5.74, 6) is 3.00. The summed E-state index contributed by atoms with van der Waals surface area (Å²) < 4.78 is 27.7. The minimum atomic E-state index is -0.131. The van der Waals surface area contributed by atoms with Gasteiger partial charge in [-0.1, -0.05) is 12.1 Å². The molecule has 0 aromatic heterocycles. The van der Waals surface area contributed by atoms with E-state index in [4.69, 9.17) is 23.7 Å². The molecule has 0 aliphatic rings. The molecular formula is C22H26O6. The highest BCUT2D eigenvalue weighted by Gasteiger charge is 2.16. The van der Waals surface area contributed by atoms with E-state index in [-0.39, 0.29) is 6.10 Å². The smallest absolute Gasteiger partial charge is 0.203 e. The van der Waals surface area contributed by atoms with Crippen LogP contribution in [0.2, 0.25) is 0 Å². The van der Waals surface area contributed by atoms with Gasteiger partial charge in [-0.3, -0.25) is 4.79 Å². The minimum Gasteiger partial charge on any atom is -0.493 e. The van der Waals surface area contributed by atoms with E-state index in [1.54, 1.807) is 34.5 Å². The van der Waals surface area contributed by atoms with E-state index in [0.717, 1.165) is 17.4 Å². The maximum Gasteiger partial charge on any atom is 0.203 e. The Morgan fingerprint density at radius 1 is 0.857 bits per heavy atom. The normalized spacial score (nSPS) is 11.8. The first-order valence-electron chi connectivity index (χ1n) is 8.81. The predicted octanol–water partition coefficient (Wildman–Crippen LogP) is 3.94. The lowest BCUT2D eigenvalue weighted by Crippen LogP contribution is -2.16. The molecule has 0 radical (unpaired) electrons. The lowest BCUT2D eigenvalue weighted by atomic mass is 10.1. The van der Waals surface area contributed by atoms with Crippen molar-refractivity contribution in [3.63, 3.8) is 0 Å². The van der Waals surface area contributed by atoms with Crippen LogP contribution in [0.4, 0.5) is 0 Å². The van der Waals surface area contributed by atoms with Crippen LogP contribution in [0.3, 0.4) is 0 Å². The van der Waals surface area contributed by atoms with Crippen LogP contribution in [0.25, 0.3) is 6.08 Å². The van der Waals surface area contributed by atoms with Crippen molar-refractivity contribution in [2.45, 2.75) is 19.4 Å². The number of hydrogen-bond donors (Lipinski definition) is 0. The average molecular weight is 386 g/mol. The van der Waals surface area contributed by atoms with Crippen molar-refractivity contribution < 1.29 is 28.5 Å². The Kier molecular flexibility index (Phi) is 7.75. The molecule has 6 heteroatoms. The second-order valence-electron chi connectivity index (χ2n) is 6.07.